The van der Waals surface area contributed by atoms with Crippen LogP contribution in [0.1, 0.15) is 69.8 Å². The van der Waals surface area contributed by atoms with Gasteiger partial charge in [0.1, 0.15) is 0 Å². The molecule has 0 radical (unpaired) electrons. The molecule has 1 spiro atoms. The molecule has 30 heavy (non-hydrogen) atoms. The van der Waals surface area contributed by atoms with E-state index in [-0.39, 0.29) is 17.4 Å². The molecule has 1 N–H and O–H groups in total. The third kappa shape index (κ3) is 5.42. The zero-order chi connectivity index (χ0) is 20.8. The SMILES string of the molecule is O=C(CC1CCOC2(CCN(C(=O)C3CCCCC3)CC2)C1)NCc1ccccc1. The molecule has 2 amide bonds. The van der Waals surface area contributed by atoms with Crippen LogP contribution in [0.15, 0.2) is 30.3 Å². The highest BCUT2D eigenvalue weighted by Gasteiger charge is 2.42. The molecule has 2 saturated heterocycles. The highest BCUT2D eigenvalue weighted by molar-refractivity contribution is 5.79. The molecule has 2 heterocycles. The minimum absolute atomic E-state index is 0.130. The zero-order valence-corrected chi connectivity index (χ0v) is 18.1. The van der Waals surface area contributed by atoms with Gasteiger partial charge in [0, 0.05) is 38.6 Å². The van der Waals surface area contributed by atoms with Crippen LogP contribution in [0.5, 0.6) is 0 Å². The smallest absolute Gasteiger partial charge is 0.225 e. The van der Waals surface area contributed by atoms with E-state index in [1.54, 1.807) is 0 Å². The predicted octanol–water partition coefficient (Wildman–Crippen LogP) is 4.06. The molecule has 0 aromatic heterocycles. The number of hydrogen-bond donors (Lipinski definition) is 1. The van der Waals surface area contributed by atoms with E-state index in [1.807, 2.05) is 30.3 Å². The van der Waals surface area contributed by atoms with Crippen molar-refractivity contribution in [1.82, 2.24) is 10.2 Å². The molecule has 4 rings (SSSR count). The molecule has 1 aliphatic carbocycles. The molecular weight excluding hydrogens is 376 g/mol. The van der Waals surface area contributed by atoms with Gasteiger partial charge in [-0.2, -0.15) is 0 Å². The standard InChI is InChI=1S/C25H36N2O3/c28-23(26-19-20-7-3-1-4-8-20)17-21-11-16-30-25(18-21)12-14-27(15-13-25)24(29)22-9-5-2-6-10-22/h1,3-4,7-8,21-22H,2,5-6,9-19H2,(H,26,28). The lowest BCUT2D eigenvalue weighted by molar-refractivity contribution is -0.152. The van der Waals surface area contributed by atoms with Gasteiger partial charge < -0.3 is 15.0 Å². The number of amides is 2. The summed E-state index contributed by atoms with van der Waals surface area (Å²) in [5, 5.41) is 3.06. The Kier molecular flexibility index (Phi) is 7.08. The molecule has 1 unspecified atom stereocenters. The number of ether oxygens (including phenoxy) is 1. The van der Waals surface area contributed by atoms with Crippen molar-refractivity contribution in [2.75, 3.05) is 19.7 Å². The normalized spacial score (nSPS) is 24.5. The van der Waals surface area contributed by atoms with E-state index in [0.29, 0.717) is 24.8 Å². The van der Waals surface area contributed by atoms with E-state index in [1.165, 1.54) is 19.3 Å². The van der Waals surface area contributed by atoms with E-state index in [4.69, 9.17) is 4.74 Å². The van der Waals surface area contributed by atoms with Crippen molar-refractivity contribution in [2.45, 2.75) is 76.4 Å². The first-order chi connectivity index (χ1) is 14.6. The van der Waals surface area contributed by atoms with Gasteiger partial charge in [-0.1, -0.05) is 49.6 Å². The molecule has 5 nitrogen and oxygen atoms in total. The Bertz CT molecular complexity index is 706. The lowest BCUT2D eigenvalue weighted by Crippen LogP contribution is -2.52. The molecule has 1 atom stereocenters. The van der Waals surface area contributed by atoms with Gasteiger partial charge in [-0.05, 0) is 50.0 Å². The first-order valence-corrected chi connectivity index (χ1v) is 11.9. The van der Waals surface area contributed by atoms with Crippen molar-refractivity contribution in [3.63, 3.8) is 0 Å². The lowest BCUT2D eigenvalue weighted by Gasteiger charge is -2.46. The summed E-state index contributed by atoms with van der Waals surface area (Å²) in [5.74, 6) is 1.12. The molecule has 1 aromatic rings. The Morgan fingerprint density at radius 1 is 1.03 bits per heavy atom. The third-order valence-corrected chi connectivity index (χ3v) is 7.34. The molecule has 0 bridgehead atoms. The fourth-order valence-electron chi connectivity index (χ4n) is 5.53. The molecule has 2 aliphatic heterocycles. The molecule has 3 aliphatic rings. The molecule has 5 heteroatoms. The van der Waals surface area contributed by atoms with Crippen molar-refractivity contribution >= 4 is 11.8 Å². The Labute approximate surface area is 180 Å². The summed E-state index contributed by atoms with van der Waals surface area (Å²) in [7, 11) is 0. The lowest BCUT2D eigenvalue weighted by atomic mass is 9.78. The van der Waals surface area contributed by atoms with E-state index in [9.17, 15) is 9.59 Å². The Balaban J connectivity index is 1.23. The zero-order valence-electron chi connectivity index (χ0n) is 18.1. The maximum atomic E-state index is 12.9. The fraction of sp³-hybridized carbons (Fsp3) is 0.680. The van der Waals surface area contributed by atoms with Crippen LogP contribution >= 0.6 is 0 Å². The summed E-state index contributed by atoms with van der Waals surface area (Å²) in [6.45, 7) is 2.93. The van der Waals surface area contributed by atoms with Crippen molar-refractivity contribution in [3.8, 4) is 0 Å². The molecule has 164 valence electrons. The van der Waals surface area contributed by atoms with Crippen LogP contribution < -0.4 is 5.32 Å². The summed E-state index contributed by atoms with van der Waals surface area (Å²) in [6, 6.07) is 10.0. The van der Waals surface area contributed by atoms with Gasteiger partial charge in [-0.15, -0.1) is 0 Å². The monoisotopic (exact) mass is 412 g/mol. The number of likely N-dealkylation sites (tertiary alicyclic amines) is 1. The topological polar surface area (TPSA) is 58.6 Å². The average Bonchev–Trinajstić information content (AvgIpc) is 2.79. The van der Waals surface area contributed by atoms with Gasteiger partial charge in [0.25, 0.3) is 0 Å². The minimum Gasteiger partial charge on any atom is -0.375 e. The second kappa shape index (κ2) is 9.95. The first-order valence-electron chi connectivity index (χ1n) is 11.9. The first kappa shape index (κ1) is 21.4. The van der Waals surface area contributed by atoms with Crippen LogP contribution in [-0.2, 0) is 20.9 Å². The van der Waals surface area contributed by atoms with Gasteiger partial charge in [0.2, 0.25) is 11.8 Å². The number of carbonyl (C=O) groups is 2. The summed E-state index contributed by atoms with van der Waals surface area (Å²) < 4.78 is 6.25. The Morgan fingerprint density at radius 2 is 1.77 bits per heavy atom. The van der Waals surface area contributed by atoms with Gasteiger partial charge in [0.15, 0.2) is 0 Å². The third-order valence-electron chi connectivity index (χ3n) is 7.34. The predicted molar refractivity (Wildman–Crippen MR) is 117 cm³/mol. The number of carbonyl (C=O) groups excluding carboxylic acids is 2. The number of piperidine rings is 1. The summed E-state index contributed by atoms with van der Waals surface area (Å²) >= 11 is 0. The molecule has 1 aromatic carbocycles. The Hall–Kier alpha value is -1.88. The quantitative estimate of drug-likeness (QED) is 0.793. The largest absolute Gasteiger partial charge is 0.375 e. The van der Waals surface area contributed by atoms with E-state index < -0.39 is 0 Å². The van der Waals surface area contributed by atoms with Gasteiger partial charge in [-0.25, -0.2) is 0 Å². The highest BCUT2D eigenvalue weighted by Crippen LogP contribution is 2.39. The highest BCUT2D eigenvalue weighted by atomic mass is 16.5. The van der Waals surface area contributed by atoms with E-state index >= 15 is 0 Å². The number of nitrogens with one attached hydrogen (secondary N) is 1. The fourth-order valence-corrected chi connectivity index (χ4v) is 5.53. The van der Waals surface area contributed by atoms with Crippen LogP contribution in [0, 0.1) is 11.8 Å². The second-order valence-electron chi connectivity index (χ2n) is 9.52. The summed E-state index contributed by atoms with van der Waals surface area (Å²) in [6.07, 6.45) is 10.1. The maximum absolute atomic E-state index is 12.9. The van der Waals surface area contributed by atoms with Gasteiger partial charge in [-0.3, -0.25) is 9.59 Å². The van der Waals surface area contributed by atoms with Crippen molar-refractivity contribution < 1.29 is 14.3 Å². The molecular formula is C25H36N2O3. The van der Waals surface area contributed by atoms with Crippen LogP contribution in [0.4, 0.5) is 0 Å². The summed E-state index contributed by atoms with van der Waals surface area (Å²) in [5.41, 5.74) is 0.996. The number of benzene rings is 1. The Morgan fingerprint density at radius 3 is 2.50 bits per heavy atom. The van der Waals surface area contributed by atoms with Crippen molar-refractivity contribution in [3.05, 3.63) is 35.9 Å². The van der Waals surface area contributed by atoms with E-state index in [2.05, 4.69) is 10.2 Å². The van der Waals surface area contributed by atoms with Crippen molar-refractivity contribution in [1.29, 1.82) is 0 Å². The van der Waals surface area contributed by atoms with Gasteiger partial charge >= 0.3 is 0 Å². The number of rotatable bonds is 5. The van der Waals surface area contributed by atoms with Gasteiger partial charge in [0.05, 0.1) is 5.60 Å². The number of hydrogen-bond acceptors (Lipinski definition) is 3. The van der Waals surface area contributed by atoms with Crippen molar-refractivity contribution in [2.24, 2.45) is 11.8 Å². The van der Waals surface area contributed by atoms with Crippen LogP contribution in [-0.4, -0.2) is 42.0 Å². The van der Waals surface area contributed by atoms with Crippen LogP contribution in [0.25, 0.3) is 0 Å². The number of nitrogens with zero attached hydrogens (tertiary/aromatic N) is 1. The maximum Gasteiger partial charge on any atom is 0.225 e. The molecule has 3 fully saturated rings. The molecule has 1 saturated carbocycles. The van der Waals surface area contributed by atoms with Crippen LogP contribution in [0.3, 0.4) is 0 Å². The summed E-state index contributed by atoms with van der Waals surface area (Å²) in [4.78, 5) is 27.4. The second-order valence-corrected chi connectivity index (χ2v) is 9.52. The average molecular weight is 413 g/mol. The van der Waals surface area contributed by atoms with E-state index in [0.717, 1.165) is 63.8 Å². The minimum atomic E-state index is -0.133. The van der Waals surface area contributed by atoms with Crippen LogP contribution in [0.2, 0.25) is 0 Å².